The lowest BCUT2D eigenvalue weighted by molar-refractivity contribution is 0.836. The Bertz CT molecular complexity index is 265. The number of nitrogens with zero attached hydrogens (tertiary/aromatic N) is 2. The molecule has 1 aromatic heterocycles. The van der Waals surface area contributed by atoms with Crippen LogP contribution in [0.15, 0.2) is 0 Å². The highest BCUT2D eigenvalue weighted by atomic mass is 32.1. The molecule has 0 N–H and O–H groups in total. The summed E-state index contributed by atoms with van der Waals surface area (Å²) in [6, 6.07) is 0. The Balaban J connectivity index is 2.59. The molecule has 0 amide bonds. The number of rotatable bonds is 0. The van der Waals surface area contributed by atoms with Gasteiger partial charge in [0, 0.05) is 0 Å². The lowest BCUT2D eigenvalue weighted by Gasteiger charge is -1.93. The first-order valence-corrected chi connectivity index (χ1v) is 3.95. The summed E-state index contributed by atoms with van der Waals surface area (Å²) in [6.45, 7) is 2.07. The molecule has 0 saturated heterocycles. The predicted octanol–water partition coefficient (Wildman–Crippen LogP) is 1.37. The molecule has 0 fully saturated rings. The van der Waals surface area contributed by atoms with Crippen LogP contribution in [-0.4, -0.2) is 9.19 Å². The highest BCUT2D eigenvalue weighted by Crippen LogP contribution is 2.24. The summed E-state index contributed by atoms with van der Waals surface area (Å²) < 4.78 is 1.68. The maximum Gasteiger partial charge on any atom is 0.0670 e. The third-order valence-corrected chi connectivity index (χ3v) is 2.53. The van der Waals surface area contributed by atoms with Crippen LogP contribution in [-0.2, 0) is 12.8 Å². The molecule has 2 rings (SSSR count). The van der Waals surface area contributed by atoms with E-state index < -0.39 is 0 Å². The molecule has 1 aromatic rings. The Morgan fingerprint density at radius 2 is 2.30 bits per heavy atom. The summed E-state index contributed by atoms with van der Waals surface area (Å²) in [7, 11) is 0. The van der Waals surface area contributed by atoms with Gasteiger partial charge in [0.25, 0.3) is 0 Å². The van der Waals surface area contributed by atoms with Gasteiger partial charge in [-0.15, -0.1) is 0 Å². The number of fused-ring (bicyclic) bond motifs is 1. The van der Waals surface area contributed by atoms with Crippen molar-refractivity contribution < 1.29 is 0 Å². The van der Waals surface area contributed by atoms with Gasteiger partial charge in [0.2, 0.25) is 0 Å². The van der Waals surface area contributed by atoms with Gasteiger partial charge in [-0.05, 0) is 44.6 Å². The fourth-order valence-corrected chi connectivity index (χ4v) is 1.77. The molecule has 54 valence electrons. The van der Waals surface area contributed by atoms with Crippen LogP contribution in [0.5, 0.6) is 0 Å². The van der Waals surface area contributed by atoms with Crippen molar-refractivity contribution in [1.82, 2.24) is 9.19 Å². The van der Waals surface area contributed by atoms with Gasteiger partial charge in [-0.1, -0.05) is 0 Å². The summed E-state index contributed by atoms with van der Waals surface area (Å²) >= 11 is 4.18. The average Bonchev–Trinajstić information content (AvgIpc) is 2.41. The number of aryl methyl sites for hydroxylation is 1. The highest BCUT2D eigenvalue weighted by Gasteiger charge is 2.17. The van der Waals surface area contributed by atoms with Crippen LogP contribution in [0.25, 0.3) is 0 Å². The van der Waals surface area contributed by atoms with Crippen LogP contribution in [0.3, 0.4) is 0 Å². The molecule has 0 radical (unpaired) electrons. The van der Waals surface area contributed by atoms with E-state index in [0.717, 1.165) is 6.42 Å². The van der Waals surface area contributed by atoms with Crippen molar-refractivity contribution in [3.8, 4) is 0 Å². The molecular weight excluding hydrogens is 144 g/mol. The van der Waals surface area contributed by atoms with Gasteiger partial charge >= 0.3 is 0 Å². The molecule has 3 heteroatoms. The van der Waals surface area contributed by atoms with Crippen LogP contribution < -0.4 is 0 Å². The Labute approximate surface area is 65.8 Å². The van der Waals surface area contributed by atoms with E-state index in [4.69, 9.17) is 0 Å². The van der Waals surface area contributed by atoms with Crippen LogP contribution in [0, 0.1) is 6.92 Å². The quantitative estimate of drug-likeness (QED) is 0.559. The molecule has 0 aromatic carbocycles. The highest BCUT2D eigenvalue weighted by molar-refractivity contribution is 7.78. The fourth-order valence-electron chi connectivity index (χ4n) is 1.54. The maximum atomic E-state index is 4.27. The van der Waals surface area contributed by atoms with Crippen molar-refractivity contribution in [2.24, 2.45) is 0 Å². The molecule has 0 saturated carbocycles. The van der Waals surface area contributed by atoms with Gasteiger partial charge in [0.05, 0.1) is 11.4 Å². The second-order valence-electron chi connectivity index (χ2n) is 2.75. The fraction of sp³-hybridized carbons (Fsp3) is 0.571. The third kappa shape index (κ3) is 0.700. The Morgan fingerprint density at radius 3 is 3.00 bits per heavy atom. The van der Waals surface area contributed by atoms with Crippen LogP contribution in [0.2, 0.25) is 0 Å². The smallest absolute Gasteiger partial charge is 0.0670 e. The van der Waals surface area contributed by atoms with E-state index in [1.54, 1.807) is 4.09 Å². The number of thiol groups is 1. The molecule has 1 aliphatic rings. The number of hydrogen-bond acceptors (Lipinski definition) is 2. The van der Waals surface area contributed by atoms with E-state index >= 15 is 0 Å². The topological polar surface area (TPSA) is 17.8 Å². The van der Waals surface area contributed by atoms with Crippen LogP contribution in [0.1, 0.15) is 23.4 Å². The van der Waals surface area contributed by atoms with E-state index in [1.807, 2.05) is 0 Å². The molecule has 1 aliphatic carbocycles. The minimum Gasteiger partial charge on any atom is -0.214 e. The molecule has 0 spiro atoms. The van der Waals surface area contributed by atoms with Gasteiger partial charge in [-0.2, -0.15) is 5.10 Å². The Kier molecular flexibility index (Phi) is 1.27. The standard InChI is InChI=1S/C7H10N2S/c1-5-6-3-2-4-7(6)8-9(5)10/h10H,2-4H2,1H3. The number of aromatic nitrogens is 2. The second kappa shape index (κ2) is 2.02. The van der Waals surface area contributed by atoms with Crippen LogP contribution in [0.4, 0.5) is 0 Å². The van der Waals surface area contributed by atoms with Crippen molar-refractivity contribution in [2.75, 3.05) is 0 Å². The van der Waals surface area contributed by atoms with Crippen molar-refractivity contribution in [2.45, 2.75) is 26.2 Å². The van der Waals surface area contributed by atoms with Gasteiger partial charge in [-0.25, -0.2) is 4.09 Å². The van der Waals surface area contributed by atoms with Gasteiger partial charge in [0.15, 0.2) is 0 Å². The molecule has 2 nitrogen and oxygen atoms in total. The normalized spacial score (nSPS) is 15.8. The zero-order valence-electron chi connectivity index (χ0n) is 5.96. The summed E-state index contributed by atoms with van der Waals surface area (Å²) in [5.41, 5.74) is 3.90. The van der Waals surface area contributed by atoms with Crippen LogP contribution >= 0.6 is 12.8 Å². The monoisotopic (exact) mass is 154 g/mol. The van der Waals surface area contributed by atoms with E-state index in [-0.39, 0.29) is 0 Å². The SMILES string of the molecule is Cc1c2c(nn1S)CCC2. The third-order valence-electron chi connectivity index (χ3n) is 2.14. The van der Waals surface area contributed by atoms with Gasteiger partial charge in [0.1, 0.15) is 0 Å². The molecular formula is C7H10N2S. The first kappa shape index (κ1) is 6.28. The van der Waals surface area contributed by atoms with Gasteiger partial charge < -0.3 is 0 Å². The Hall–Kier alpha value is -0.440. The number of hydrogen-bond donors (Lipinski definition) is 1. The second-order valence-corrected chi connectivity index (χ2v) is 3.13. The first-order valence-electron chi connectivity index (χ1n) is 3.55. The minimum absolute atomic E-state index is 1.14. The molecule has 0 atom stereocenters. The van der Waals surface area contributed by atoms with Crippen molar-refractivity contribution in [1.29, 1.82) is 0 Å². The van der Waals surface area contributed by atoms with Crippen molar-refractivity contribution >= 4 is 12.8 Å². The van der Waals surface area contributed by atoms with E-state index in [1.165, 1.54) is 29.8 Å². The molecule has 0 unspecified atom stereocenters. The molecule has 10 heavy (non-hydrogen) atoms. The van der Waals surface area contributed by atoms with E-state index in [0.29, 0.717) is 0 Å². The molecule has 0 aliphatic heterocycles. The summed E-state index contributed by atoms with van der Waals surface area (Å²) in [5, 5.41) is 4.27. The summed E-state index contributed by atoms with van der Waals surface area (Å²) in [4.78, 5) is 0. The van der Waals surface area contributed by atoms with Crippen molar-refractivity contribution in [3.63, 3.8) is 0 Å². The largest absolute Gasteiger partial charge is 0.214 e. The maximum absolute atomic E-state index is 4.27. The predicted molar refractivity (Wildman–Crippen MR) is 43.4 cm³/mol. The zero-order valence-corrected chi connectivity index (χ0v) is 6.86. The van der Waals surface area contributed by atoms with E-state index in [9.17, 15) is 0 Å². The summed E-state index contributed by atoms with van der Waals surface area (Å²) in [5.74, 6) is 0. The summed E-state index contributed by atoms with van der Waals surface area (Å²) in [6.07, 6.45) is 3.61. The lowest BCUT2D eigenvalue weighted by Crippen LogP contribution is -1.89. The van der Waals surface area contributed by atoms with Gasteiger partial charge in [-0.3, -0.25) is 0 Å². The Morgan fingerprint density at radius 1 is 1.50 bits per heavy atom. The van der Waals surface area contributed by atoms with E-state index in [2.05, 4.69) is 24.8 Å². The molecule has 0 bridgehead atoms. The lowest BCUT2D eigenvalue weighted by atomic mass is 10.2. The molecule has 1 heterocycles. The minimum atomic E-state index is 1.14. The zero-order chi connectivity index (χ0) is 7.14. The first-order chi connectivity index (χ1) is 4.79. The van der Waals surface area contributed by atoms with Crippen molar-refractivity contribution in [3.05, 3.63) is 17.0 Å². The average molecular weight is 154 g/mol.